The molecule has 1 aromatic rings. The maximum Gasteiger partial charge on any atom is 0.299 e. The van der Waals surface area contributed by atoms with Gasteiger partial charge in [-0.3, -0.25) is 9.59 Å². The van der Waals surface area contributed by atoms with Gasteiger partial charge in [0.05, 0.1) is 22.8 Å². The molecule has 1 saturated heterocycles. The molecule has 0 aliphatic carbocycles. The van der Waals surface area contributed by atoms with Gasteiger partial charge in [0.15, 0.2) is 9.84 Å². The molecule has 106 valence electrons. The number of likely N-dealkylation sites (N-methyl/N-ethyl adjacent to an activating group) is 1. The van der Waals surface area contributed by atoms with Gasteiger partial charge in [0.1, 0.15) is 0 Å². The predicted molar refractivity (Wildman–Crippen MR) is 75.0 cm³/mol. The number of carbonyl (C=O) groups is 2. The number of amides is 1. The van der Waals surface area contributed by atoms with Crippen molar-refractivity contribution in [1.29, 1.82) is 0 Å². The van der Waals surface area contributed by atoms with E-state index in [1.54, 1.807) is 25.2 Å². The SMILES string of the molecule is CN1C(=O)C(=O)c2ccc(N3CCS(=O)(=O)CC3)cc21. The van der Waals surface area contributed by atoms with E-state index in [0.29, 0.717) is 24.3 Å². The lowest BCUT2D eigenvalue weighted by Crippen LogP contribution is -2.40. The molecule has 1 amide bonds. The molecule has 0 atom stereocenters. The summed E-state index contributed by atoms with van der Waals surface area (Å²) >= 11 is 0. The van der Waals surface area contributed by atoms with E-state index in [2.05, 4.69) is 0 Å². The zero-order valence-electron chi connectivity index (χ0n) is 11.0. The van der Waals surface area contributed by atoms with Crippen LogP contribution in [0, 0.1) is 0 Å². The van der Waals surface area contributed by atoms with E-state index in [1.807, 2.05) is 4.90 Å². The second-order valence-corrected chi connectivity index (χ2v) is 7.34. The lowest BCUT2D eigenvalue weighted by Gasteiger charge is -2.29. The van der Waals surface area contributed by atoms with Crippen molar-refractivity contribution in [2.24, 2.45) is 0 Å². The number of nitrogens with zero attached hydrogens (tertiary/aromatic N) is 2. The maximum absolute atomic E-state index is 11.7. The average Bonchev–Trinajstić information content (AvgIpc) is 2.64. The Labute approximate surface area is 116 Å². The minimum Gasteiger partial charge on any atom is -0.369 e. The highest BCUT2D eigenvalue weighted by atomic mass is 32.2. The molecule has 0 bridgehead atoms. The van der Waals surface area contributed by atoms with Gasteiger partial charge in [-0.05, 0) is 18.2 Å². The monoisotopic (exact) mass is 294 g/mol. The van der Waals surface area contributed by atoms with Crippen molar-refractivity contribution in [3.05, 3.63) is 23.8 Å². The Balaban J connectivity index is 1.91. The summed E-state index contributed by atoms with van der Waals surface area (Å²) in [5.41, 5.74) is 1.84. The molecule has 7 heteroatoms. The molecule has 1 aromatic carbocycles. The van der Waals surface area contributed by atoms with E-state index in [9.17, 15) is 18.0 Å². The standard InChI is InChI=1S/C13H14N2O4S/c1-14-11-8-9(2-3-10(11)12(16)13(14)17)15-4-6-20(18,19)7-5-15/h2-3,8H,4-7H2,1H3. The largest absolute Gasteiger partial charge is 0.369 e. The van der Waals surface area contributed by atoms with Gasteiger partial charge in [-0.25, -0.2) is 8.42 Å². The molecule has 0 aromatic heterocycles. The van der Waals surface area contributed by atoms with Gasteiger partial charge in [0, 0.05) is 25.8 Å². The Hall–Kier alpha value is -1.89. The Kier molecular flexibility index (Phi) is 2.82. The fourth-order valence-corrected chi connectivity index (χ4v) is 3.74. The smallest absolute Gasteiger partial charge is 0.299 e. The summed E-state index contributed by atoms with van der Waals surface area (Å²) in [5.74, 6) is -0.746. The molecule has 20 heavy (non-hydrogen) atoms. The van der Waals surface area contributed by atoms with Crippen LogP contribution in [0.2, 0.25) is 0 Å². The van der Waals surface area contributed by atoms with Crippen molar-refractivity contribution in [2.45, 2.75) is 0 Å². The van der Waals surface area contributed by atoms with Gasteiger partial charge in [0.2, 0.25) is 0 Å². The first kappa shape index (κ1) is 13.1. The first-order valence-electron chi connectivity index (χ1n) is 6.31. The van der Waals surface area contributed by atoms with Crippen LogP contribution in [0.4, 0.5) is 11.4 Å². The summed E-state index contributed by atoms with van der Waals surface area (Å²) in [7, 11) is -1.36. The highest BCUT2D eigenvalue weighted by Crippen LogP contribution is 2.32. The van der Waals surface area contributed by atoms with Crippen LogP contribution in [0.5, 0.6) is 0 Å². The van der Waals surface area contributed by atoms with Gasteiger partial charge in [-0.15, -0.1) is 0 Å². The summed E-state index contributed by atoms with van der Waals surface area (Å²) in [6, 6.07) is 5.18. The molecule has 0 unspecified atom stereocenters. The van der Waals surface area contributed by atoms with Crippen LogP contribution in [-0.4, -0.2) is 51.8 Å². The number of sulfone groups is 1. The lowest BCUT2D eigenvalue weighted by molar-refractivity contribution is -0.114. The molecule has 0 saturated carbocycles. The molecule has 2 heterocycles. The van der Waals surface area contributed by atoms with Crippen molar-refractivity contribution in [1.82, 2.24) is 0 Å². The molecule has 2 aliphatic rings. The molecule has 6 nitrogen and oxygen atoms in total. The highest BCUT2D eigenvalue weighted by Gasteiger charge is 2.34. The normalized spacial score (nSPS) is 21.2. The molecule has 1 fully saturated rings. The van der Waals surface area contributed by atoms with Crippen LogP contribution in [0.1, 0.15) is 10.4 Å². The first-order valence-corrected chi connectivity index (χ1v) is 8.13. The molecule has 2 aliphatic heterocycles. The fourth-order valence-electron chi connectivity index (χ4n) is 2.53. The van der Waals surface area contributed by atoms with Crippen LogP contribution in [0.3, 0.4) is 0 Å². The quantitative estimate of drug-likeness (QED) is 0.686. The second kappa shape index (κ2) is 4.31. The molecule has 3 rings (SSSR count). The number of anilines is 2. The number of ketones is 1. The molecule has 0 N–H and O–H groups in total. The lowest BCUT2D eigenvalue weighted by atomic mass is 10.1. The minimum absolute atomic E-state index is 0.137. The minimum atomic E-state index is -2.92. The summed E-state index contributed by atoms with van der Waals surface area (Å²) < 4.78 is 22.9. The summed E-state index contributed by atoms with van der Waals surface area (Å²) in [6.07, 6.45) is 0. The fraction of sp³-hybridized carbons (Fsp3) is 0.385. The van der Waals surface area contributed by atoms with Crippen molar-refractivity contribution in [3.63, 3.8) is 0 Å². The van der Waals surface area contributed by atoms with Crippen LogP contribution >= 0.6 is 0 Å². The average molecular weight is 294 g/mol. The Morgan fingerprint density at radius 3 is 2.40 bits per heavy atom. The van der Waals surface area contributed by atoms with E-state index < -0.39 is 21.5 Å². The second-order valence-electron chi connectivity index (χ2n) is 5.03. The number of fused-ring (bicyclic) bond motifs is 1. The molecule has 0 radical (unpaired) electrons. The van der Waals surface area contributed by atoms with Crippen molar-refractivity contribution < 1.29 is 18.0 Å². The van der Waals surface area contributed by atoms with Gasteiger partial charge in [-0.1, -0.05) is 0 Å². The number of rotatable bonds is 1. The highest BCUT2D eigenvalue weighted by molar-refractivity contribution is 7.91. The van der Waals surface area contributed by atoms with Gasteiger partial charge >= 0.3 is 0 Å². The van der Waals surface area contributed by atoms with Crippen molar-refractivity contribution in [3.8, 4) is 0 Å². The number of carbonyl (C=O) groups excluding carboxylic acids is 2. The summed E-state index contributed by atoms with van der Waals surface area (Å²) in [6.45, 7) is 0.874. The van der Waals surface area contributed by atoms with Gasteiger partial charge < -0.3 is 9.80 Å². The van der Waals surface area contributed by atoms with E-state index >= 15 is 0 Å². The third kappa shape index (κ3) is 1.98. The number of hydrogen-bond donors (Lipinski definition) is 0. The first-order chi connectivity index (χ1) is 9.39. The Morgan fingerprint density at radius 2 is 1.75 bits per heavy atom. The van der Waals surface area contributed by atoms with Crippen LogP contribution in [0.25, 0.3) is 0 Å². The zero-order valence-corrected chi connectivity index (χ0v) is 11.8. The topological polar surface area (TPSA) is 74.8 Å². The number of hydrogen-bond acceptors (Lipinski definition) is 5. The van der Waals surface area contributed by atoms with Crippen molar-refractivity contribution >= 4 is 32.9 Å². The van der Waals surface area contributed by atoms with E-state index in [1.165, 1.54) is 4.90 Å². The van der Waals surface area contributed by atoms with E-state index in [0.717, 1.165) is 5.69 Å². The number of Topliss-reactive ketones (excluding diaryl/α,β-unsaturated/α-hetero) is 1. The third-order valence-corrected chi connectivity index (χ3v) is 5.40. The number of benzene rings is 1. The Morgan fingerprint density at radius 1 is 1.10 bits per heavy atom. The van der Waals surface area contributed by atoms with Gasteiger partial charge in [-0.2, -0.15) is 0 Å². The van der Waals surface area contributed by atoms with Crippen molar-refractivity contribution in [2.75, 3.05) is 41.4 Å². The Bertz CT molecular complexity index is 697. The maximum atomic E-state index is 11.7. The molecular weight excluding hydrogens is 280 g/mol. The van der Waals surface area contributed by atoms with Crippen LogP contribution in [0.15, 0.2) is 18.2 Å². The van der Waals surface area contributed by atoms with E-state index in [4.69, 9.17) is 0 Å². The summed E-state index contributed by atoms with van der Waals surface area (Å²) in [4.78, 5) is 26.6. The van der Waals surface area contributed by atoms with Crippen LogP contribution in [-0.2, 0) is 14.6 Å². The third-order valence-electron chi connectivity index (χ3n) is 3.80. The zero-order chi connectivity index (χ0) is 14.5. The van der Waals surface area contributed by atoms with Gasteiger partial charge in [0.25, 0.3) is 11.7 Å². The van der Waals surface area contributed by atoms with Crippen LogP contribution < -0.4 is 9.80 Å². The summed E-state index contributed by atoms with van der Waals surface area (Å²) in [5, 5.41) is 0. The molecular formula is C13H14N2O4S. The molecule has 0 spiro atoms. The predicted octanol–water partition coefficient (Wildman–Crippen LogP) is 0.0805. The van der Waals surface area contributed by atoms with E-state index in [-0.39, 0.29) is 11.5 Å².